The molecule has 0 aromatic carbocycles. The fourth-order valence-electron chi connectivity index (χ4n) is 3.54. The minimum Gasteiger partial charge on any atom is -0.381 e. The predicted octanol–water partition coefficient (Wildman–Crippen LogP) is 2.12. The van der Waals surface area contributed by atoms with Crippen LogP contribution in [0, 0.1) is 5.41 Å². The number of nitrogens with two attached hydrogens (primary N) is 1. The van der Waals surface area contributed by atoms with Crippen LogP contribution >= 0.6 is 0 Å². The Bertz CT molecular complexity index is 485. The average Bonchev–Trinajstić information content (AvgIpc) is 2.53. The number of aliphatic imine (C=N–C) groups is 1. The molecule has 0 saturated heterocycles. The molecule has 22 heavy (non-hydrogen) atoms. The van der Waals surface area contributed by atoms with Crippen LogP contribution in [0.1, 0.15) is 38.8 Å². The van der Waals surface area contributed by atoms with Gasteiger partial charge in [-0.2, -0.15) is 0 Å². The minimum absolute atomic E-state index is 0.176. The predicted molar refractivity (Wildman–Crippen MR) is 89.8 cm³/mol. The second-order valence-corrected chi connectivity index (χ2v) is 5.94. The molecule has 2 atom stereocenters. The van der Waals surface area contributed by atoms with Gasteiger partial charge in [-0.15, -0.1) is 0 Å². The van der Waals surface area contributed by atoms with Gasteiger partial charge in [0.15, 0.2) is 5.96 Å². The Balaban J connectivity index is 1.86. The van der Waals surface area contributed by atoms with Gasteiger partial charge in [-0.05, 0) is 31.4 Å². The highest BCUT2D eigenvalue weighted by molar-refractivity contribution is 5.78. The van der Waals surface area contributed by atoms with Gasteiger partial charge in [-0.25, -0.2) is 0 Å². The van der Waals surface area contributed by atoms with E-state index in [1.54, 1.807) is 13.3 Å². The molecule has 0 radical (unpaired) electrons. The highest BCUT2D eigenvalue weighted by Crippen LogP contribution is 2.48. The number of nitrogens with one attached hydrogen (secondary N) is 1. The van der Waals surface area contributed by atoms with Crippen LogP contribution in [0.25, 0.3) is 0 Å². The zero-order chi connectivity index (χ0) is 16.0. The maximum Gasteiger partial charge on any atom is 0.188 e. The first-order chi connectivity index (χ1) is 10.7. The third-order valence-corrected chi connectivity index (χ3v) is 5.08. The molecule has 1 aliphatic rings. The molecule has 1 fully saturated rings. The van der Waals surface area contributed by atoms with Crippen LogP contribution < -0.4 is 11.1 Å². The van der Waals surface area contributed by atoms with Gasteiger partial charge >= 0.3 is 0 Å². The van der Waals surface area contributed by atoms with Gasteiger partial charge in [0.1, 0.15) is 0 Å². The summed E-state index contributed by atoms with van der Waals surface area (Å²) in [5.74, 6) is 0.529. The number of nitrogens with zero attached hydrogens (tertiary/aromatic N) is 2. The van der Waals surface area contributed by atoms with Gasteiger partial charge in [0.05, 0.1) is 6.10 Å². The number of rotatable bonds is 7. The largest absolute Gasteiger partial charge is 0.381 e. The summed E-state index contributed by atoms with van der Waals surface area (Å²) in [6.45, 7) is 5.09. The van der Waals surface area contributed by atoms with Crippen LogP contribution in [0.2, 0.25) is 0 Å². The Morgan fingerprint density at radius 1 is 1.45 bits per heavy atom. The van der Waals surface area contributed by atoms with E-state index in [1.165, 1.54) is 0 Å². The first-order valence-corrected chi connectivity index (χ1v) is 8.15. The summed E-state index contributed by atoms with van der Waals surface area (Å²) in [4.78, 5) is 8.72. The first-order valence-electron chi connectivity index (χ1n) is 8.15. The van der Waals surface area contributed by atoms with E-state index in [0.29, 0.717) is 24.7 Å². The van der Waals surface area contributed by atoms with E-state index < -0.39 is 0 Å². The Morgan fingerprint density at radius 2 is 2.23 bits per heavy atom. The molecular weight excluding hydrogens is 276 g/mol. The summed E-state index contributed by atoms with van der Waals surface area (Å²) in [5.41, 5.74) is 7.26. The van der Waals surface area contributed by atoms with Gasteiger partial charge in [-0.3, -0.25) is 9.98 Å². The maximum atomic E-state index is 6.04. The number of hydrogen-bond donors (Lipinski definition) is 2. The lowest BCUT2D eigenvalue weighted by atomic mass is 9.58. The van der Waals surface area contributed by atoms with Crippen molar-refractivity contribution in [1.82, 2.24) is 10.3 Å². The smallest absolute Gasteiger partial charge is 0.188 e. The van der Waals surface area contributed by atoms with E-state index in [9.17, 15) is 0 Å². The molecule has 5 heteroatoms. The fourth-order valence-corrected chi connectivity index (χ4v) is 3.54. The molecule has 122 valence electrons. The molecular formula is C17H28N4O. The van der Waals surface area contributed by atoms with Gasteiger partial charge in [0, 0.05) is 43.4 Å². The van der Waals surface area contributed by atoms with Crippen LogP contribution in [0.4, 0.5) is 0 Å². The quantitative estimate of drug-likeness (QED) is 0.598. The summed E-state index contributed by atoms with van der Waals surface area (Å²) in [6, 6.07) is 6.27. The summed E-state index contributed by atoms with van der Waals surface area (Å²) in [7, 11) is 1.80. The minimum atomic E-state index is 0.176. The van der Waals surface area contributed by atoms with E-state index in [-0.39, 0.29) is 5.41 Å². The molecule has 1 saturated carbocycles. The van der Waals surface area contributed by atoms with Gasteiger partial charge in [-0.1, -0.05) is 19.9 Å². The van der Waals surface area contributed by atoms with Crippen molar-refractivity contribution in [3.63, 3.8) is 0 Å². The van der Waals surface area contributed by atoms with Crippen molar-refractivity contribution < 1.29 is 4.74 Å². The van der Waals surface area contributed by atoms with E-state index in [4.69, 9.17) is 10.5 Å². The number of guanidine groups is 1. The maximum absolute atomic E-state index is 6.04. The Hall–Kier alpha value is -1.62. The zero-order valence-corrected chi connectivity index (χ0v) is 13.9. The third kappa shape index (κ3) is 3.40. The second kappa shape index (κ2) is 7.58. The van der Waals surface area contributed by atoms with Crippen molar-refractivity contribution >= 4 is 5.96 Å². The van der Waals surface area contributed by atoms with Crippen LogP contribution in [0.5, 0.6) is 0 Å². The molecule has 1 aliphatic carbocycles. The Labute approximate surface area is 133 Å². The molecule has 1 aromatic heterocycles. The van der Waals surface area contributed by atoms with Gasteiger partial charge in [0.2, 0.25) is 0 Å². The van der Waals surface area contributed by atoms with Gasteiger partial charge < -0.3 is 15.8 Å². The van der Waals surface area contributed by atoms with Crippen molar-refractivity contribution in [2.24, 2.45) is 16.1 Å². The number of ether oxygens (including phenoxy) is 1. The van der Waals surface area contributed by atoms with E-state index in [0.717, 1.165) is 31.4 Å². The highest BCUT2D eigenvalue weighted by atomic mass is 16.5. The molecule has 0 bridgehead atoms. The van der Waals surface area contributed by atoms with Crippen molar-refractivity contribution in [2.45, 2.75) is 51.7 Å². The van der Waals surface area contributed by atoms with Crippen LogP contribution in [-0.4, -0.2) is 36.7 Å². The summed E-state index contributed by atoms with van der Waals surface area (Å²) in [6.07, 6.45) is 6.09. The molecule has 0 amide bonds. The van der Waals surface area contributed by atoms with Crippen LogP contribution in [-0.2, 0) is 11.2 Å². The van der Waals surface area contributed by atoms with Crippen molar-refractivity contribution in [3.05, 3.63) is 30.1 Å². The lowest BCUT2D eigenvalue weighted by Crippen LogP contribution is -2.65. The van der Waals surface area contributed by atoms with Crippen molar-refractivity contribution in [2.75, 3.05) is 13.7 Å². The fraction of sp³-hybridized carbons (Fsp3) is 0.647. The summed E-state index contributed by atoms with van der Waals surface area (Å²) >= 11 is 0. The third-order valence-electron chi connectivity index (χ3n) is 5.08. The molecule has 3 N–H and O–H groups in total. The Kier molecular flexibility index (Phi) is 5.77. The summed E-state index contributed by atoms with van der Waals surface area (Å²) in [5, 5.41) is 3.39. The molecule has 0 spiro atoms. The van der Waals surface area contributed by atoms with Crippen molar-refractivity contribution in [1.29, 1.82) is 0 Å². The number of aromatic nitrogens is 1. The zero-order valence-electron chi connectivity index (χ0n) is 13.9. The van der Waals surface area contributed by atoms with E-state index >= 15 is 0 Å². The van der Waals surface area contributed by atoms with Crippen LogP contribution in [0.3, 0.4) is 0 Å². The number of hydrogen-bond acceptors (Lipinski definition) is 3. The highest BCUT2D eigenvalue weighted by Gasteiger charge is 2.53. The average molecular weight is 304 g/mol. The monoisotopic (exact) mass is 304 g/mol. The SMILES string of the molecule is CCC1(CC)C(NC(N)=NCCc2ccccn2)CC1OC. The molecule has 1 heterocycles. The molecule has 1 aromatic rings. The van der Waals surface area contributed by atoms with E-state index in [2.05, 4.69) is 29.1 Å². The number of methoxy groups -OCH3 is 1. The lowest BCUT2D eigenvalue weighted by molar-refractivity contribution is -0.118. The molecule has 5 nitrogen and oxygen atoms in total. The molecule has 2 rings (SSSR count). The van der Waals surface area contributed by atoms with Crippen LogP contribution in [0.15, 0.2) is 29.4 Å². The topological polar surface area (TPSA) is 72.5 Å². The van der Waals surface area contributed by atoms with E-state index in [1.807, 2.05) is 18.2 Å². The standard InChI is InChI=1S/C17H28N4O/c1-4-17(5-2)14(12-15(17)22-3)21-16(18)20-11-9-13-8-6-7-10-19-13/h6-8,10,14-15H,4-5,9,11-12H2,1-3H3,(H3,18,20,21). The van der Waals surface area contributed by atoms with Gasteiger partial charge in [0.25, 0.3) is 0 Å². The molecule has 0 aliphatic heterocycles. The normalized spacial score (nSPS) is 23.9. The molecule has 2 unspecified atom stereocenters. The number of pyridine rings is 1. The summed E-state index contributed by atoms with van der Waals surface area (Å²) < 4.78 is 5.61. The second-order valence-electron chi connectivity index (χ2n) is 5.94. The van der Waals surface area contributed by atoms with Crippen molar-refractivity contribution in [3.8, 4) is 0 Å². The first kappa shape index (κ1) is 16.7. The lowest BCUT2D eigenvalue weighted by Gasteiger charge is -2.55. The Morgan fingerprint density at radius 3 is 2.82 bits per heavy atom.